The molecular weight excluding hydrogens is 388 g/mol. The topological polar surface area (TPSA) is 94.0 Å². The molecule has 1 atom stereocenters. The fourth-order valence-electron chi connectivity index (χ4n) is 3.61. The molecule has 0 spiro atoms. The van der Waals surface area contributed by atoms with Gasteiger partial charge in [-0.2, -0.15) is 5.10 Å². The quantitative estimate of drug-likeness (QED) is 0.696. The smallest absolute Gasteiger partial charge is 0.224 e. The molecule has 4 rings (SSSR count). The van der Waals surface area contributed by atoms with Crippen LogP contribution >= 0.6 is 0 Å². The number of sulfone groups is 1. The Labute approximate surface area is 169 Å². The number of benzene rings is 1. The van der Waals surface area contributed by atoms with E-state index in [-0.39, 0.29) is 17.4 Å². The summed E-state index contributed by atoms with van der Waals surface area (Å²) in [6.45, 7) is 0.348. The molecule has 7 nitrogen and oxygen atoms in total. The molecule has 3 aromatic rings. The molecule has 2 aromatic heterocycles. The van der Waals surface area contributed by atoms with Crippen molar-refractivity contribution in [3.8, 4) is 22.4 Å². The van der Waals surface area contributed by atoms with E-state index in [1.807, 2.05) is 49.6 Å². The predicted octanol–water partition coefficient (Wildman–Crippen LogP) is 2.20. The average molecular weight is 410 g/mol. The number of nitrogens with one attached hydrogen (secondary N) is 1. The normalized spacial score (nSPS) is 17.9. The standard InChI is InChI=1S/C21H22N4O3S/c1-25-13-19(16-5-8-22-9-6-16)20(24-25)17-4-2-3-15(11-17)12-23-21(26)18-7-10-29(27,28)14-18/h2-6,8-9,11,13,18H,7,10,12,14H2,1H3,(H,23,26)/t18-/m0/s1. The summed E-state index contributed by atoms with van der Waals surface area (Å²) in [5, 5.41) is 7.49. The highest BCUT2D eigenvalue weighted by atomic mass is 32.2. The number of hydrogen-bond acceptors (Lipinski definition) is 5. The Balaban J connectivity index is 1.52. The zero-order chi connectivity index (χ0) is 20.4. The molecule has 0 aliphatic carbocycles. The molecule has 1 fully saturated rings. The van der Waals surface area contributed by atoms with Gasteiger partial charge in [-0.1, -0.05) is 18.2 Å². The van der Waals surface area contributed by atoms with Crippen LogP contribution in [0.1, 0.15) is 12.0 Å². The Hall–Kier alpha value is -3.00. The van der Waals surface area contributed by atoms with Crippen molar-refractivity contribution < 1.29 is 13.2 Å². The van der Waals surface area contributed by atoms with E-state index in [0.717, 1.165) is 27.9 Å². The van der Waals surface area contributed by atoms with E-state index in [1.165, 1.54) is 0 Å². The number of hydrogen-bond donors (Lipinski definition) is 1. The summed E-state index contributed by atoms with van der Waals surface area (Å²) in [6.07, 6.45) is 5.87. The highest BCUT2D eigenvalue weighted by molar-refractivity contribution is 7.91. The number of aromatic nitrogens is 3. The maximum atomic E-state index is 12.3. The Bertz CT molecular complexity index is 1140. The lowest BCUT2D eigenvalue weighted by Crippen LogP contribution is -2.30. The molecule has 1 saturated heterocycles. The third-order valence-corrected chi connectivity index (χ3v) is 6.86. The van der Waals surface area contributed by atoms with Gasteiger partial charge in [0.2, 0.25) is 5.91 Å². The maximum absolute atomic E-state index is 12.3. The first-order valence-corrected chi connectivity index (χ1v) is 11.2. The molecule has 3 heterocycles. The highest BCUT2D eigenvalue weighted by Crippen LogP contribution is 2.31. The van der Waals surface area contributed by atoms with E-state index in [4.69, 9.17) is 0 Å². The lowest BCUT2D eigenvalue weighted by Gasteiger charge is -2.10. The maximum Gasteiger partial charge on any atom is 0.224 e. The molecule has 0 bridgehead atoms. The second-order valence-electron chi connectivity index (χ2n) is 7.32. The minimum Gasteiger partial charge on any atom is -0.352 e. The molecule has 1 N–H and O–H groups in total. The summed E-state index contributed by atoms with van der Waals surface area (Å²) < 4.78 is 24.9. The summed E-state index contributed by atoms with van der Waals surface area (Å²) in [5.74, 6) is -0.607. The van der Waals surface area contributed by atoms with Crippen LogP contribution in [0, 0.1) is 5.92 Å². The van der Waals surface area contributed by atoms with Crippen LogP contribution in [0.3, 0.4) is 0 Å². The largest absolute Gasteiger partial charge is 0.352 e. The third-order valence-electron chi connectivity index (χ3n) is 5.09. The Kier molecular flexibility index (Phi) is 5.19. The number of aryl methyl sites for hydroxylation is 1. The van der Waals surface area contributed by atoms with E-state index in [9.17, 15) is 13.2 Å². The number of rotatable bonds is 5. The van der Waals surface area contributed by atoms with Gasteiger partial charge in [0.05, 0.1) is 17.4 Å². The number of carbonyl (C=O) groups is 1. The summed E-state index contributed by atoms with van der Waals surface area (Å²) in [7, 11) is -1.19. The van der Waals surface area contributed by atoms with Gasteiger partial charge in [-0.15, -0.1) is 0 Å². The van der Waals surface area contributed by atoms with E-state index >= 15 is 0 Å². The molecule has 1 aliphatic rings. The van der Waals surface area contributed by atoms with Gasteiger partial charge in [0, 0.05) is 43.3 Å². The van der Waals surface area contributed by atoms with Crippen molar-refractivity contribution in [2.24, 2.45) is 13.0 Å². The first kappa shape index (κ1) is 19.3. The van der Waals surface area contributed by atoms with Gasteiger partial charge in [-0.05, 0) is 35.7 Å². The lowest BCUT2D eigenvalue weighted by molar-refractivity contribution is -0.124. The molecular formula is C21H22N4O3S. The van der Waals surface area contributed by atoms with Crippen LogP contribution in [0.5, 0.6) is 0 Å². The minimum atomic E-state index is -3.07. The van der Waals surface area contributed by atoms with Crippen molar-refractivity contribution in [2.75, 3.05) is 11.5 Å². The van der Waals surface area contributed by atoms with Gasteiger partial charge in [0.1, 0.15) is 5.69 Å². The first-order valence-electron chi connectivity index (χ1n) is 9.43. The fraction of sp³-hybridized carbons (Fsp3) is 0.286. The zero-order valence-corrected chi connectivity index (χ0v) is 16.9. The summed E-state index contributed by atoms with van der Waals surface area (Å²) in [5.41, 5.74) is 4.78. The van der Waals surface area contributed by atoms with E-state index in [1.54, 1.807) is 17.1 Å². The van der Waals surface area contributed by atoms with E-state index < -0.39 is 15.8 Å². The molecule has 150 valence electrons. The molecule has 29 heavy (non-hydrogen) atoms. The zero-order valence-electron chi connectivity index (χ0n) is 16.1. The molecule has 1 amide bonds. The van der Waals surface area contributed by atoms with Gasteiger partial charge in [0.15, 0.2) is 9.84 Å². The monoisotopic (exact) mass is 410 g/mol. The average Bonchev–Trinajstić information content (AvgIpc) is 3.29. The second-order valence-corrected chi connectivity index (χ2v) is 9.55. The minimum absolute atomic E-state index is 0.0535. The summed E-state index contributed by atoms with van der Waals surface area (Å²) in [6, 6.07) is 11.7. The van der Waals surface area contributed by atoms with E-state index in [2.05, 4.69) is 15.4 Å². The van der Waals surface area contributed by atoms with Crippen LogP contribution < -0.4 is 5.32 Å². The van der Waals surface area contributed by atoms with Crippen molar-refractivity contribution >= 4 is 15.7 Å². The lowest BCUT2D eigenvalue weighted by atomic mass is 10.0. The molecule has 0 radical (unpaired) electrons. The van der Waals surface area contributed by atoms with Gasteiger partial charge in [-0.25, -0.2) is 8.42 Å². The molecule has 1 aliphatic heterocycles. The first-order chi connectivity index (χ1) is 13.9. The van der Waals surface area contributed by atoms with Crippen LogP contribution in [-0.4, -0.2) is 40.6 Å². The van der Waals surface area contributed by atoms with Gasteiger partial charge >= 0.3 is 0 Å². The van der Waals surface area contributed by atoms with Crippen LogP contribution in [-0.2, 0) is 28.2 Å². The Morgan fingerprint density at radius 3 is 2.72 bits per heavy atom. The van der Waals surface area contributed by atoms with Crippen molar-refractivity contribution in [3.05, 3.63) is 60.6 Å². The van der Waals surface area contributed by atoms with E-state index in [0.29, 0.717) is 13.0 Å². The third kappa shape index (κ3) is 4.37. The van der Waals surface area contributed by atoms with Gasteiger partial charge in [-0.3, -0.25) is 14.5 Å². The summed E-state index contributed by atoms with van der Waals surface area (Å²) >= 11 is 0. The summed E-state index contributed by atoms with van der Waals surface area (Å²) in [4.78, 5) is 16.4. The second kappa shape index (κ2) is 7.79. The number of nitrogens with zero attached hydrogens (tertiary/aromatic N) is 3. The van der Waals surface area contributed by atoms with Crippen LogP contribution in [0.25, 0.3) is 22.4 Å². The van der Waals surface area contributed by atoms with Gasteiger partial charge in [0.25, 0.3) is 0 Å². The predicted molar refractivity (Wildman–Crippen MR) is 110 cm³/mol. The van der Waals surface area contributed by atoms with Crippen molar-refractivity contribution in [2.45, 2.75) is 13.0 Å². The van der Waals surface area contributed by atoms with Crippen LogP contribution in [0.15, 0.2) is 55.0 Å². The highest BCUT2D eigenvalue weighted by Gasteiger charge is 2.32. The van der Waals surface area contributed by atoms with Crippen molar-refractivity contribution in [1.29, 1.82) is 0 Å². The molecule has 0 unspecified atom stereocenters. The molecule has 1 aromatic carbocycles. The fourth-order valence-corrected chi connectivity index (χ4v) is 5.35. The Morgan fingerprint density at radius 1 is 1.21 bits per heavy atom. The number of pyridine rings is 1. The molecule has 0 saturated carbocycles. The number of amides is 1. The molecule has 8 heteroatoms. The van der Waals surface area contributed by atoms with Crippen molar-refractivity contribution in [1.82, 2.24) is 20.1 Å². The SMILES string of the molecule is Cn1cc(-c2ccncc2)c(-c2cccc(CNC(=O)[C@H]3CCS(=O)(=O)C3)c2)n1. The number of carbonyl (C=O) groups excluding carboxylic acids is 1. The van der Waals surface area contributed by atoms with Crippen LogP contribution in [0.4, 0.5) is 0 Å². The Morgan fingerprint density at radius 2 is 2.00 bits per heavy atom. The van der Waals surface area contributed by atoms with Crippen LogP contribution in [0.2, 0.25) is 0 Å². The van der Waals surface area contributed by atoms with Gasteiger partial charge < -0.3 is 5.32 Å². The van der Waals surface area contributed by atoms with Crippen molar-refractivity contribution in [3.63, 3.8) is 0 Å².